The molecule has 1 heterocycles. The summed E-state index contributed by atoms with van der Waals surface area (Å²) in [7, 11) is 3.10. The third-order valence-corrected chi connectivity index (χ3v) is 3.58. The summed E-state index contributed by atoms with van der Waals surface area (Å²) < 4.78 is 15.8. The fraction of sp³-hybridized carbons (Fsp3) is 0.167. The lowest BCUT2D eigenvalue weighted by Gasteiger charge is -2.11. The summed E-state index contributed by atoms with van der Waals surface area (Å²) in [6, 6.07) is 12.1. The molecule has 3 rings (SSSR count). The number of hydrogen-bond donors (Lipinski definition) is 1. The van der Waals surface area contributed by atoms with E-state index in [2.05, 4.69) is 15.5 Å². The highest BCUT2D eigenvalue weighted by Crippen LogP contribution is 2.29. The average molecular weight is 339 g/mol. The maximum atomic E-state index is 12.4. The van der Waals surface area contributed by atoms with Crippen molar-refractivity contribution in [3.8, 4) is 23.0 Å². The van der Waals surface area contributed by atoms with E-state index in [-0.39, 0.29) is 5.91 Å². The number of aryl methyl sites for hydroxylation is 1. The highest BCUT2D eigenvalue weighted by Gasteiger charge is 2.12. The molecule has 7 heteroatoms. The second-order valence-corrected chi connectivity index (χ2v) is 5.22. The highest BCUT2D eigenvalue weighted by molar-refractivity contribution is 6.05. The van der Waals surface area contributed by atoms with Crippen molar-refractivity contribution >= 4 is 11.6 Å². The number of benzene rings is 2. The molecule has 0 fully saturated rings. The van der Waals surface area contributed by atoms with Crippen LogP contribution in [0.3, 0.4) is 0 Å². The quantitative estimate of drug-likeness (QED) is 0.767. The minimum atomic E-state index is -0.253. The van der Waals surface area contributed by atoms with Crippen LogP contribution in [0.25, 0.3) is 11.5 Å². The van der Waals surface area contributed by atoms with E-state index in [0.29, 0.717) is 34.5 Å². The van der Waals surface area contributed by atoms with Gasteiger partial charge < -0.3 is 19.2 Å². The van der Waals surface area contributed by atoms with E-state index in [1.54, 1.807) is 56.5 Å². The third kappa shape index (κ3) is 3.60. The molecule has 1 N–H and O–H groups in total. The van der Waals surface area contributed by atoms with Crippen molar-refractivity contribution in [1.82, 2.24) is 10.2 Å². The van der Waals surface area contributed by atoms with Crippen LogP contribution in [0.1, 0.15) is 16.2 Å². The van der Waals surface area contributed by atoms with Crippen molar-refractivity contribution in [2.45, 2.75) is 6.92 Å². The Morgan fingerprint density at radius 3 is 2.40 bits per heavy atom. The Balaban J connectivity index is 1.77. The molecule has 3 aromatic rings. The predicted octanol–water partition coefficient (Wildman–Crippen LogP) is 3.31. The maximum Gasteiger partial charge on any atom is 0.255 e. The van der Waals surface area contributed by atoms with Gasteiger partial charge in [-0.05, 0) is 36.4 Å². The molecule has 0 unspecified atom stereocenters. The van der Waals surface area contributed by atoms with Crippen LogP contribution in [0.15, 0.2) is 46.9 Å². The number of rotatable bonds is 5. The molecular weight excluding hydrogens is 322 g/mol. The molecule has 0 saturated heterocycles. The first-order chi connectivity index (χ1) is 12.1. The fourth-order valence-corrected chi connectivity index (χ4v) is 2.27. The summed E-state index contributed by atoms with van der Waals surface area (Å²) in [5, 5.41) is 10.6. The number of ether oxygens (including phenoxy) is 2. The first-order valence-electron chi connectivity index (χ1n) is 7.54. The molecular formula is C18H17N3O4. The normalized spacial score (nSPS) is 10.4. The van der Waals surface area contributed by atoms with Gasteiger partial charge >= 0.3 is 0 Å². The molecule has 25 heavy (non-hydrogen) atoms. The minimum absolute atomic E-state index is 0.253. The lowest BCUT2D eigenvalue weighted by atomic mass is 10.1. The van der Waals surface area contributed by atoms with E-state index in [1.807, 2.05) is 0 Å². The van der Waals surface area contributed by atoms with Gasteiger partial charge in [0, 0.05) is 24.1 Å². The van der Waals surface area contributed by atoms with E-state index in [0.717, 1.165) is 5.56 Å². The van der Waals surface area contributed by atoms with Crippen molar-refractivity contribution in [2.24, 2.45) is 0 Å². The molecule has 7 nitrogen and oxygen atoms in total. The molecule has 2 aromatic carbocycles. The van der Waals surface area contributed by atoms with Gasteiger partial charge in [0.25, 0.3) is 5.91 Å². The Labute approximate surface area is 144 Å². The Kier molecular flexibility index (Phi) is 4.65. The number of nitrogens with zero attached hydrogens (tertiary/aromatic N) is 2. The number of carbonyl (C=O) groups is 1. The second-order valence-electron chi connectivity index (χ2n) is 5.22. The fourth-order valence-electron chi connectivity index (χ4n) is 2.27. The lowest BCUT2D eigenvalue weighted by molar-refractivity contribution is 0.102. The van der Waals surface area contributed by atoms with E-state index < -0.39 is 0 Å². The molecule has 0 atom stereocenters. The Bertz CT molecular complexity index is 888. The van der Waals surface area contributed by atoms with E-state index in [1.165, 1.54) is 7.11 Å². The second kappa shape index (κ2) is 7.04. The number of carbonyl (C=O) groups excluding carboxylic acids is 1. The van der Waals surface area contributed by atoms with Crippen LogP contribution >= 0.6 is 0 Å². The predicted molar refractivity (Wildman–Crippen MR) is 92.0 cm³/mol. The van der Waals surface area contributed by atoms with Crippen LogP contribution in [-0.4, -0.2) is 30.3 Å². The van der Waals surface area contributed by atoms with Gasteiger partial charge in [0.1, 0.15) is 11.5 Å². The molecule has 0 aliphatic rings. The third-order valence-electron chi connectivity index (χ3n) is 3.58. The Morgan fingerprint density at radius 2 is 1.80 bits per heavy atom. The van der Waals surface area contributed by atoms with Gasteiger partial charge in [-0.3, -0.25) is 4.79 Å². The molecule has 1 amide bonds. The zero-order valence-electron chi connectivity index (χ0n) is 14.1. The van der Waals surface area contributed by atoms with Crippen molar-refractivity contribution in [1.29, 1.82) is 0 Å². The molecule has 0 saturated carbocycles. The van der Waals surface area contributed by atoms with Crippen molar-refractivity contribution < 1.29 is 18.7 Å². The summed E-state index contributed by atoms with van der Waals surface area (Å²) in [6.45, 7) is 1.72. The van der Waals surface area contributed by atoms with Gasteiger partial charge in [0.2, 0.25) is 11.8 Å². The van der Waals surface area contributed by atoms with Gasteiger partial charge in [-0.1, -0.05) is 0 Å². The van der Waals surface area contributed by atoms with E-state index in [9.17, 15) is 4.79 Å². The lowest BCUT2D eigenvalue weighted by Crippen LogP contribution is -2.12. The van der Waals surface area contributed by atoms with Gasteiger partial charge in [-0.15, -0.1) is 10.2 Å². The molecule has 0 aliphatic carbocycles. The van der Waals surface area contributed by atoms with Gasteiger partial charge in [-0.25, -0.2) is 0 Å². The molecule has 1 aromatic heterocycles. The molecule has 0 aliphatic heterocycles. The van der Waals surface area contributed by atoms with Crippen LogP contribution in [0.2, 0.25) is 0 Å². The average Bonchev–Trinajstić information content (AvgIpc) is 3.08. The van der Waals surface area contributed by atoms with Crippen LogP contribution < -0.4 is 14.8 Å². The smallest absolute Gasteiger partial charge is 0.255 e. The number of aromatic nitrogens is 2. The maximum absolute atomic E-state index is 12.4. The molecule has 0 bridgehead atoms. The van der Waals surface area contributed by atoms with Gasteiger partial charge in [0.05, 0.1) is 19.9 Å². The van der Waals surface area contributed by atoms with Crippen molar-refractivity contribution in [3.63, 3.8) is 0 Å². The van der Waals surface area contributed by atoms with E-state index >= 15 is 0 Å². The van der Waals surface area contributed by atoms with Crippen LogP contribution in [0.5, 0.6) is 11.5 Å². The molecule has 128 valence electrons. The summed E-state index contributed by atoms with van der Waals surface area (Å²) in [4.78, 5) is 12.4. The Hall–Kier alpha value is -3.35. The van der Waals surface area contributed by atoms with Gasteiger partial charge in [-0.2, -0.15) is 0 Å². The number of hydrogen-bond acceptors (Lipinski definition) is 6. The summed E-state index contributed by atoms with van der Waals surface area (Å²) in [6.07, 6.45) is 0. The number of anilines is 1. The zero-order valence-corrected chi connectivity index (χ0v) is 14.1. The molecule has 0 spiro atoms. The standard InChI is InChI=1S/C18H17N3O4/c1-11-20-21-18(25-11)13-6-4-12(5-7-13)17(22)19-15-9-8-14(23-2)10-16(15)24-3/h4-10H,1-3H3,(H,19,22). The zero-order chi connectivity index (χ0) is 17.8. The minimum Gasteiger partial charge on any atom is -0.497 e. The topological polar surface area (TPSA) is 86.5 Å². The monoisotopic (exact) mass is 339 g/mol. The number of nitrogens with one attached hydrogen (secondary N) is 1. The van der Waals surface area contributed by atoms with Crippen molar-refractivity contribution in [3.05, 3.63) is 53.9 Å². The van der Waals surface area contributed by atoms with Crippen LogP contribution in [0, 0.1) is 6.92 Å². The van der Waals surface area contributed by atoms with Crippen LogP contribution in [0.4, 0.5) is 5.69 Å². The van der Waals surface area contributed by atoms with Crippen LogP contribution in [-0.2, 0) is 0 Å². The van der Waals surface area contributed by atoms with E-state index in [4.69, 9.17) is 13.9 Å². The SMILES string of the molecule is COc1ccc(NC(=O)c2ccc(-c3nnc(C)o3)cc2)c(OC)c1. The first kappa shape index (κ1) is 16.5. The summed E-state index contributed by atoms with van der Waals surface area (Å²) in [5.74, 6) is 1.82. The highest BCUT2D eigenvalue weighted by atomic mass is 16.5. The van der Waals surface area contributed by atoms with Crippen molar-refractivity contribution in [2.75, 3.05) is 19.5 Å². The molecule has 0 radical (unpaired) electrons. The number of amides is 1. The number of methoxy groups -OCH3 is 2. The first-order valence-corrected chi connectivity index (χ1v) is 7.54. The Morgan fingerprint density at radius 1 is 1.04 bits per heavy atom. The van der Waals surface area contributed by atoms with Gasteiger partial charge in [0.15, 0.2) is 0 Å². The summed E-state index contributed by atoms with van der Waals surface area (Å²) in [5.41, 5.74) is 1.81. The summed E-state index contributed by atoms with van der Waals surface area (Å²) >= 11 is 0. The largest absolute Gasteiger partial charge is 0.497 e.